The van der Waals surface area contributed by atoms with Gasteiger partial charge in [-0.3, -0.25) is 19.6 Å². The fraction of sp³-hybridized carbons (Fsp3) is 0.118. The number of benzene rings is 2. The number of hydrogen-bond acceptors (Lipinski definition) is 4. The molecule has 6 nitrogen and oxygen atoms in total. The van der Waals surface area contributed by atoms with E-state index in [1.54, 1.807) is 16.7 Å². The van der Waals surface area contributed by atoms with E-state index in [4.69, 9.17) is 0 Å². The Labute approximate surface area is 146 Å². The third-order valence-corrected chi connectivity index (χ3v) is 3.92. The number of halogens is 1. The van der Waals surface area contributed by atoms with Gasteiger partial charge in [0.2, 0.25) is 5.91 Å². The number of fused-ring (bicyclic) bond motifs is 1. The van der Waals surface area contributed by atoms with E-state index in [1.807, 2.05) is 36.4 Å². The highest BCUT2D eigenvalue weighted by atomic mass is 79.9. The Morgan fingerprint density at radius 2 is 1.96 bits per heavy atom. The van der Waals surface area contributed by atoms with Gasteiger partial charge in [0.05, 0.1) is 23.1 Å². The van der Waals surface area contributed by atoms with Gasteiger partial charge in [-0.05, 0) is 30.3 Å². The Morgan fingerprint density at radius 1 is 1.21 bits per heavy atom. The molecule has 0 unspecified atom stereocenters. The van der Waals surface area contributed by atoms with Crippen molar-refractivity contribution in [1.82, 2.24) is 20.4 Å². The molecule has 2 N–H and O–H groups in total. The third-order valence-electron chi connectivity index (χ3n) is 3.43. The van der Waals surface area contributed by atoms with Crippen LogP contribution in [-0.4, -0.2) is 15.5 Å². The molecule has 7 heteroatoms. The second-order valence-corrected chi connectivity index (χ2v) is 6.12. The Hall–Kier alpha value is -2.51. The van der Waals surface area contributed by atoms with Gasteiger partial charge >= 0.3 is 0 Å². The summed E-state index contributed by atoms with van der Waals surface area (Å²) in [5, 5.41) is 0.525. The van der Waals surface area contributed by atoms with Gasteiger partial charge in [-0.15, -0.1) is 0 Å². The number of carbonyl (C=O) groups is 1. The summed E-state index contributed by atoms with van der Waals surface area (Å²) in [5.74, 6) is 0.295. The van der Waals surface area contributed by atoms with Crippen molar-refractivity contribution in [2.45, 2.75) is 13.5 Å². The average Bonchev–Trinajstić information content (AvgIpc) is 2.56. The molecule has 0 saturated carbocycles. The molecule has 0 aliphatic carbocycles. The molecule has 0 spiro atoms. The zero-order valence-electron chi connectivity index (χ0n) is 12.9. The molecule has 1 amide bonds. The van der Waals surface area contributed by atoms with Crippen LogP contribution in [0.3, 0.4) is 0 Å². The molecule has 0 aliphatic rings. The van der Waals surface area contributed by atoms with Gasteiger partial charge in [0.25, 0.3) is 5.56 Å². The molecular weight excluding hydrogens is 372 g/mol. The number of carbonyl (C=O) groups excluding carboxylic acids is 1. The normalized spacial score (nSPS) is 10.8. The molecular formula is C17H15BrN4O2. The maximum atomic E-state index is 13.0. The molecule has 3 aromatic rings. The summed E-state index contributed by atoms with van der Waals surface area (Å²) in [6, 6.07) is 14.7. The van der Waals surface area contributed by atoms with Gasteiger partial charge < -0.3 is 0 Å². The summed E-state index contributed by atoms with van der Waals surface area (Å²) in [7, 11) is 0. The summed E-state index contributed by atoms with van der Waals surface area (Å²) in [5.41, 5.74) is 6.45. The first-order valence-corrected chi connectivity index (χ1v) is 8.11. The average molecular weight is 387 g/mol. The number of nitrogens with zero attached hydrogens (tertiary/aromatic N) is 2. The highest BCUT2D eigenvalue weighted by molar-refractivity contribution is 9.10. The van der Waals surface area contributed by atoms with Gasteiger partial charge in [0, 0.05) is 11.4 Å². The van der Waals surface area contributed by atoms with E-state index in [-0.39, 0.29) is 18.0 Å². The van der Waals surface area contributed by atoms with Gasteiger partial charge in [-0.25, -0.2) is 10.4 Å². The Morgan fingerprint density at radius 3 is 2.67 bits per heavy atom. The highest BCUT2D eigenvalue weighted by Gasteiger charge is 2.13. The number of aromatic nitrogens is 2. The maximum Gasteiger partial charge on any atom is 0.266 e. The van der Waals surface area contributed by atoms with Crippen molar-refractivity contribution in [2.24, 2.45) is 0 Å². The smallest absolute Gasteiger partial charge is 0.266 e. The van der Waals surface area contributed by atoms with Crippen LogP contribution in [0.15, 0.2) is 57.8 Å². The van der Waals surface area contributed by atoms with Gasteiger partial charge in [0.1, 0.15) is 5.82 Å². The van der Waals surface area contributed by atoms with E-state index in [9.17, 15) is 9.59 Å². The molecule has 1 aromatic heterocycles. The SMILES string of the molecule is CC(=O)NNCc1nc2ccc(Br)cc2c(=O)n1-c1ccccc1. The summed E-state index contributed by atoms with van der Waals surface area (Å²) < 4.78 is 2.36. The second kappa shape index (κ2) is 6.94. The van der Waals surface area contributed by atoms with Crippen LogP contribution in [0.4, 0.5) is 0 Å². The van der Waals surface area contributed by atoms with Crippen molar-refractivity contribution in [1.29, 1.82) is 0 Å². The van der Waals surface area contributed by atoms with Crippen molar-refractivity contribution in [2.75, 3.05) is 0 Å². The quantitative estimate of drug-likeness (QED) is 0.674. The zero-order valence-corrected chi connectivity index (χ0v) is 14.5. The zero-order chi connectivity index (χ0) is 17.1. The first-order valence-electron chi connectivity index (χ1n) is 7.32. The molecule has 0 saturated heterocycles. The number of amides is 1. The van der Waals surface area contributed by atoms with Crippen molar-refractivity contribution < 1.29 is 4.79 Å². The Bertz CT molecular complexity index is 954. The molecule has 0 aliphatic heterocycles. The van der Waals surface area contributed by atoms with E-state index < -0.39 is 0 Å². The van der Waals surface area contributed by atoms with Crippen molar-refractivity contribution in [3.8, 4) is 5.69 Å². The summed E-state index contributed by atoms with van der Waals surface area (Å²) >= 11 is 3.39. The third kappa shape index (κ3) is 3.37. The maximum absolute atomic E-state index is 13.0. The largest absolute Gasteiger partial charge is 0.291 e. The van der Waals surface area contributed by atoms with Gasteiger partial charge in [-0.1, -0.05) is 34.1 Å². The monoisotopic (exact) mass is 386 g/mol. The number of nitrogens with one attached hydrogen (secondary N) is 2. The topological polar surface area (TPSA) is 76.0 Å². The fourth-order valence-corrected chi connectivity index (χ4v) is 2.77. The molecule has 0 atom stereocenters. The van der Waals surface area contributed by atoms with E-state index in [0.717, 1.165) is 10.2 Å². The molecule has 0 fully saturated rings. The standard InChI is InChI=1S/C17H15BrN4O2/c1-11(23)21-19-10-16-20-15-8-7-12(18)9-14(15)17(24)22(16)13-5-3-2-4-6-13/h2-9,19H,10H2,1H3,(H,21,23). The van der Waals surface area contributed by atoms with Crippen LogP contribution in [0.5, 0.6) is 0 Å². The lowest BCUT2D eigenvalue weighted by Gasteiger charge is -2.14. The molecule has 0 bridgehead atoms. The van der Waals surface area contributed by atoms with Gasteiger partial charge in [-0.2, -0.15) is 0 Å². The van der Waals surface area contributed by atoms with Crippen LogP contribution in [-0.2, 0) is 11.3 Å². The summed E-state index contributed by atoms with van der Waals surface area (Å²) in [6.45, 7) is 1.62. The van der Waals surface area contributed by atoms with Crippen molar-refractivity contribution in [3.63, 3.8) is 0 Å². The van der Waals surface area contributed by atoms with Crippen molar-refractivity contribution in [3.05, 3.63) is 69.2 Å². The first kappa shape index (κ1) is 16.4. The molecule has 122 valence electrons. The molecule has 3 rings (SSSR count). The first-order chi connectivity index (χ1) is 11.6. The van der Waals surface area contributed by atoms with Crippen LogP contribution in [0, 0.1) is 0 Å². The summed E-state index contributed by atoms with van der Waals surface area (Å²) in [4.78, 5) is 28.6. The predicted octanol–water partition coefficient (Wildman–Crippen LogP) is 2.29. The van der Waals surface area contributed by atoms with Crippen LogP contribution >= 0.6 is 15.9 Å². The fourth-order valence-electron chi connectivity index (χ4n) is 2.41. The van der Waals surface area contributed by atoms with Gasteiger partial charge in [0.15, 0.2) is 0 Å². The molecule has 2 aromatic carbocycles. The minimum atomic E-state index is -0.215. The minimum absolute atomic E-state index is 0.160. The molecule has 0 radical (unpaired) electrons. The van der Waals surface area contributed by atoms with Crippen LogP contribution in [0.2, 0.25) is 0 Å². The van der Waals surface area contributed by atoms with E-state index in [2.05, 4.69) is 31.8 Å². The predicted molar refractivity (Wildman–Crippen MR) is 95.7 cm³/mol. The van der Waals surface area contributed by atoms with E-state index >= 15 is 0 Å². The molecule has 1 heterocycles. The lowest BCUT2D eigenvalue weighted by Crippen LogP contribution is -2.37. The Kier molecular flexibility index (Phi) is 4.73. The van der Waals surface area contributed by atoms with Crippen LogP contribution in [0.25, 0.3) is 16.6 Å². The lowest BCUT2D eigenvalue weighted by atomic mass is 10.2. The second-order valence-electron chi connectivity index (χ2n) is 5.20. The number of hydrazine groups is 1. The van der Waals surface area contributed by atoms with E-state index in [0.29, 0.717) is 16.7 Å². The number of rotatable bonds is 4. The number of para-hydroxylation sites is 1. The lowest BCUT2D eigenvalue weighted by molar-refractivity contribution is -0.119. The minimum Gasteiger partial charge on any atom is -0.291 e. The summed E-state index contributed by atoms with van der Waals surface area (Å²) in [6.07, 6.45) is 0. The Balaban J connectivity index is 2.18. The van der Waals surface area contributed by atoms with E-state index in [1.165, 1.54) is 6.92 Å². The van der Waals surface area contributed by atoms with Crippen molar-refractivity contribution >= 4 is 32.7 Å². The molecule has 24 heavy (non-hydrogen) atoms. The van der Waals surface area contributed by atoms with Crippen LogP contribution in [0.1, 0.15) is 12.7 Å². The van der Waals surface area contributed by atoms with Crippen LogP contribution < -0.4 is 16.4 Å². The number of hydrogen-bond donors (Lipinski definition) is 2. The highest BCUT2D eigenvalue weighted by Crippen LogP contribution is 2.17.